The summed E-state index contributed by atoms with van der Waals surface area (Å²) in [5.41, 5.74) is 7.54. The minimum atomic E-state index is 1.22. The first-order valence-corrected chi connectivity index (χ1v) is 19.5. The fraction of sp³-hybridized carbons (Fsp3) is 0. The summed E-state index contributed by atoms with van der Waals surface area (Å²) in [6.45, 7) is 0. The molecule has 0 radical (unpaired) electrons. The van der Waals surface area contributed by atoms with Gasteiger partial charge in [0.15, 0.2) is 0 Å². The van der Waals surface area contributed by atoms with Gasteiger partial charge in [-0.15, -0.1) is 0 Å². The normalized spacial score (nSPS) is 11.9. The topological polar surface area (TPSA) is 0 Å². The summed E-state index contributed by atoms with van der Waals surface area (Å²) in [6.07, 6.45) is 0. The van der Waals surface area contributed by atoms with Crippen LogP contribution < -0.4 is 0 Å². The third-order valence-electron chi connectivity index (χ3n) is 12.2. The molecular formula is C56H34. The molecule has 12 aromatic rings. The molecule has 0 aliphatic carbocycles. The molecule has 0 atom stereocenters. The lowest BCUT2D eigenvalue weighted by molar-refractivity contribution is 1.65. The van der Waals surface area contributed by atoms with Gasteiger partial charge in [-0.3, -0.25) is 0 Å². The molecule has 0 aromatic heterocycles. The highest BCUT2D eigenvalue weighted by atomic mass is 14.2. The van der Waals surface area contributed by atoms with E-state index in [4.69, 9.17) is 0 Å². The van der Waals surface area contributed by atoms with E-state index in [1.54, 1.807) is 0 Å². The summed E-state index contributed by atoms with van der Waals surface area (Å²) < 4.78 is 0. The van der Waals surface area contributed by atoms with Crippen molar-refractivity contribution in [2.45, 2.75) is 0 Å². The van der Waals surface area contributed by atoms with Crippen LogP contribution in [0.2, 0.25) is 0 Å². The lowest BCUT2D eigenvalue weighted by atomic mass is 9.83. The summed E-state index contributed by atoms with van der Waals surface area (Å²) >= 11 is 0. The van der Waals surface area contributed by atoms with Gasteiger partial charge in [0.05, 0.1) is 0 Å². The van der Waals surface area contributed by atoms with Crippen LogP contribution >= 0.6 is 0 Å². The van der Waals surface area contributed by atoms with Gasteiger partial charge in [0.2, 0.25) is 0 Å². The van der Waals surface area contributed by atoms with Gasteiger partial charge in [0, 0.05) is 0 Å². The summed E-state index contributed by atoms with van der Waals surface area (Å²) in [6, 6.07) is 76.6. The summed E-state index contributed by atoms with van der Waals surface area (Å²) in [5, 5.41) is 20.6. The molecule has 0 fully saturated rings. The standard InChI is InChI=1S/C56H34/c1-2-16-38-37(15-1)33-52(42-20-5-3-17-39(38)42)56-49-27-13-11-25-47(49)54(48-26-12-14-28-50(48)56)36-31-29-35(30-32-36)51-34-53-43-21-6-4-18-40(43)41-19-7-9-23-45(41)55(53)46-24-10-8-22-44(46)51/h1-34H. The monoisotopic (exact) mass is 706 g/mol. The van der Waals surface area contributed by atoms with E-state index >= 15 is 0 Å². The molecule has 0 amide bonds. The lowest BCUT2D eigenvalue weighted by Gasteiger charge is -2.20. The van der Waals surface area contributed by atoms with Crippen LogP contribution in [0.5, 0.6) is 0 Å². The summed E-state index contributed by atoms with van der Waals surface area (Å²) in [5.74, 6) is 0. The largest absolute Gasteiger partial charge is 0.0616 e. The van der Waals surface area contributed by atoms with Crippen molar-refractivity contribution in [2.75, 3.05) is 0 Å². The van der Waals surface area contributed by atoms with E-state index in [0.717, 1.165) is 0 Å². The molecule has 0 heterocycles. The Kier molecular flexibility index (Phi) is 6.73. The smallest absolute Gasteiger partial charge is 0.00199 e. The van der Waals surface area contributed by atoms with Gasteiger partial charge in [0.1, 0.15) is 0 Å². The Morgan fingerprint density at radius 2 is 0.554 bits per heavy atom. The molecule has 12 aromatic carbocycles. The van der Waals surface area contributed by atoms with Gasteiger partial charge < -0.3 is 0 Å². The second kappa shape index (κ2) is 12.1. The van der Waals surface area contributed by atoms with Crippen molar-refractivity contribution in [3.8, 4) is 33.4 Å². The number of benzene rings is 12. The van der Waals surface area contributed by atoms with Crippen molar-refractivity contribution in [3.63, 3.8) is 0 Å². The van der Waals surface area contributed by atoms with Gasteiger partial charge in [0.25, 0.3) is 0 Å². The maximum Gasteiger partial charge on any atom is -0.00199 e. The van der Waals surface area contributed by atoms with Crippen LogP contribution in [0.25, 0.3) is 120 Å². The van der Waals surface area contributed by atoms with E-state index in [1.807, 2.05) is 0 Å². The number of hydrogen-bond acceptors (Lipinski definition) is 0. The minimum absolute atomic E-state index is 1.22. The van der Waals surface area contributed by atoms with Crippen LogP contribution in [0.1, 0.15) is 0 Å². The van der Waals surface area contributed by atoms with Crippen LogP contribution in [0.15, 0.2) is 206 Å². The Morgan fingerprint density at radius 1 is 0.196 bits per heavy atom. The highest BCUT2D eigenvalue weighted by Gasteiger charge is 2.20. The van der Waals surface area contributed by atoms with Crippen molar-refractivity contribution in [3.05, 3.63) is 206 Å². The van der Waals surface area contributed by atoms with Crippen LogP contribution in [0.4, 0.5) is 0 Å². The number of rotatable bonds is 3. The van der Waals surface area contributed by atoms with E-state index in [1.165, 1.54) is 120 Å². The SMILES string of the molecule is c1ccc2c(c1)cc(-c1c3ccccc3c(-c3ccc(-c4cc5c6ccccc6c6ccccc6c5c5ccccc45)cc3)c3ccccc13)c1ccccc12. The van der Waals surface area contributed by atoms with Crippen molar-refractivity contribution in [1.29, 1.82) is 0 Å². The Balaban J connectivity index is 1.10. The molecular weight excluding hydrogens is 673 g/mol. The van der Waals surface area contributed by atoms with Crippen LogP contribution in [0, 0.1) is 0 Å². The zero-order valence-corrected chi connectivity index (χ0v) is 30.6. The Bertz CT molecular complexity index is 3510. The van der Waals surface area contributed by atoms with E-state index in [2.05, 4.69) is 206 Å². The first-order valence-electron chi connectivity index (χ1n) is 19.5. The lowest BCUT2D eigenvalue weighted by Crippen LogP contribution is -1.92. The Morgan fingerprint density at radius 3 is 1.12 bits per heavy atom. The average molecular weight is 707 g/mol. The first kappa shape index (κ1) is 31.1. The summed E-state index contributed by atoms with van der Waals surface area (Å²) in [7, 11) is 0. The predicted octanol–water partition coefficient (Wildman–Crippen LogP) is 15.9. The van der Waals surface area contributed by atoms with Gasteiger partial charge in [-0.25, -0.2) is 0 Å². The second-order valence-corrected chi connectivity index (χ2v) is 15.1. The molecule has 0 N–H and O–H groups in total. The minimum Gasteiger partial charge on any atom is -0.0616 e. The van der Waals surface area contributed by atoms with E-state index < -0.39 is 0 Å². The third kappa shape index (κ3) is 4.48. The number of fused-ring (bicyclic) bond motifs is 13. The molecule has 0 aliphatic rings. The Labute approximate surface area is 324 Å². The molecule has 0 bridgehead atoms. The maximum atomic E-state index is 2.44. The van der Waals surface area contributed by atoms with E-state index in [0.29, 0.717) is 0 Å². The molecule has 0 heteroatoms. The first-order chi connectivity index (χ1) is 27.8. The predicted molar refractivity (Wildman–Crippen MR) is 243 cm³/mol. The Hall–Kier alpha value is -7.28. The number of hydrogen-bond donors (Lipinski definition) is 0. The van der Waals surface area contributed by atoms with Crippen molar-refractivity contribution in [1.82, 2.24) is 0 Å². The molecule has 56 heavy (non-hydrogen) atoms. The zero-order chi connectivity index (χ0) is 36.7. The highest BCUT2D eigenvalue weighted by molar-refractivity contribution is 6.33. The molecule has 0 saturated carbocycles. The van der Waals surface area contributed by atoms with Gasteiger partial charge >= 0.3 is 0 Å². The van der Waals surface area contributed by atoms with Crippen molar-refractivity contribution < 1.29 is 0 Å². The van der Waals surface area contributed by atoms with Gasteiger partial charge in [-0.1, -0.05) is 194 Å². The highest BCUT2D eigenvalue weighted by Crippen LogP contribution is 2.47. The van der Waals surface area contributed by atoms with Crippen LogP contribution in [-0.4, -0.2) is 0 Å². The molecule has 0 saturated heterocycles. The maximum absolute atomic E-state index is 2.44. The van der Waals surface area contributed by atoms with Crippen LogP contribution in [0.3, 0.4) is 0 Å². The second-order valence-electron chi connectivity index (χ2n) is 15.1. The van der Waals surface area contributed by atoms with E-state index in [-0.39, 0.29) is 0 Å². The summed E-state index contributed by atoms with van der Waals surface area (Å²) in [4.78, 5) is 0. The van der Waals surface area contributed by atoms with Gasteiger partial charge in [-0.05, 0) is 132 Å². The van der Waals surface area contributed by atoms with E-state index in [9.17, 15) is 0 Å². The molecule has 0 aliphatic heterocycles. The van der Waals surface area contributed by atoms with Gasteiger partial charge in [-0.2, -0.15) is 0 Å². The zero-order valence-electron chi connectivity index (χ0n) is 30.6. The molecule has 0 nitrogen and oxygen atoms in total. The third-order valence-corrected chi connectivity index (χ3v) is 12.2. The molecule has 12 rings (SSSR count). The fourth-order valence-electron chi connectivity index (χ4n) is 9.81. The quantitative estimate of drug-likeness (QED) is 0.127. The van der Waals surface area contributed by atoms with Crippen molar-refractivity contribution >= 4 is 86.2 Å². The molecule has 0 spiro atoms. The van der Waals surface area contributed by atoms with Crippen LogP contribution in [-0.2, 0) is 0 Å². The molecule has 258 valence electrons. The fourth-order valence-corrected chi connectivity index (χ4v) is 9.81. The average Bonchev–Trinajstić information content (AvgIpc) is 3.28. The van der Waals surface area contributed by atoms with Crippen molar-refractivity contribution in [2.24, 2.45) is 0 Å². The molecule has 0 unspecified atom stereocenters.